The molecule has 0 aliphatic heterocycles. The van der Waals surface area contributed by atoms with Gasteiger partial charge in [0.05, 0.1) is 11.4 Å². The van der Waals surface area contributed by atoms with Crippen molar-refractivity contribution in [2.45, 2.75) is 32.7 Å². The molecule has 0 N–H and O–H groups in total. The monoisotopic (exact) mass is 369 g/mol. The van der Waals surface area contributed by atoms with E-state index in [4.69, 9.17) is 0 Å². The van der Waals surface area contributed by atoms with Crippen LogP contribution in [0.5, 0.6) is 0 Å². The molecule has 3 rings (SSSR count). The predicted octanol–water partition coefficient (Wildman–Crippen LogP) is 4.10. The SMILES string of the molecule is CC(=O)N(c1ccccc1)c1nc(/C=C/C(=O)N(C)C(C)C2CC2)cs1. The number of carbonyl (C=O) groups excluding carboxylic acids is 2. The maximum absolute atomic E-state index is 12.3. The van der Waals surface area contributed by atoms with E-state index in [2.05, 4.69) is 11.9 Å². The van der Waals surface area contributed by atoms with Crippen molar-refractivity contribution in [3.63, 3.8) is 0 Å². The van der Waals surface area contributed by atoms with E-state index in [1.807, 2.05) is 42.8 Å². The fourth-order valence-electron chi connectivity index (χ4n) is 2.83. The van der Waals surface area contributed by atoms with Crippen molar-refractivity contribution < 1.29 is 9.59 Å². The van der Waals surface area contributed by atoms with Gasteiger partial charge >= 0.3 is 0 Å². The van der Waals surface area contributed by atoms with Gasteiger partial charge in [-0.05, 0) is 43.9 Å². The summed E-state index contributed by atoms with van der Waals surface area (Å²) in [6.45, 7) is 3.61. The zero-order valence-corrected chi connectivity index (χ0v) is 16.1. The van der Waals surface area contributed by atoms with Crippen LogP contribution in [0.25, 0.3) is 6.08 Å². The first-order chi connectivity index (χ1) is 12.5. The van der Waals surface area contributed by atoms with Crippen LogP contribution in [0.3, 0.4) is 0 Å². The quantitative estimate of drug-likeness (QED) is 0.721. The van der Waals surface area contributed by atoms with Crippen molar-refractivity contribution in [3.8, 4) is 0 Å². The molecule has 2 amide bonds. The van der Waals surface area contributed by atoms with E-state index in [1.54, 1.807) is 22.0 Å². The summed E-state index contributed by atoms with van der Waals surface area (Å²) in [6.07, 6.45) is 5.68. The molecule has 1 atom stereocenters. The van der Waals surface area contributed by atoms with Crippen LogP contribution in [0.4, 0.5) is 10.8 Å². The van der Waals surface area contributed by atoms with Crippen LogP contribution < -0.4 is 4.90 Å². The fraction of sp³-hybridized carbons (Fsp3) is 0.350. The highest BCUT2D eigenvalue weighted by Crippen LogP contribution is 2.34. The van der Waals surface area contributed by atoms with Gasteiger partial charge in [-0.1, -0.05) is 18.2 Å². The number of para-hydroxylation sites is 1. The van der Waals surface area contributed by atoms with E-state index in [9.17, 15) is 9.59 Å². The Morgan fingerprint density at radius 2 is 1.96 bits per heavy atom. The zero-order valence-electron chi connectivity index (χ0n) is 15.3. The van der Waals surface area contributed by atoms with E-state index < -0.39 is 0 Å². The number of benzene rings is 1. The lowest BCUT2D eigenvalue weighted by Gasteiger charge is -2.23. The summed E-state index contributed by atoms with van der Waals surface area (Å²) in [4.78, 5) is 32.2. The Bertz CT molecular complexity index is 811. The van der Waals surface area contributed by atoms with Crippen LogP contribution >= 0.6 is 11.3 Å². The first-order valence-electron chi connectivity index (χ1n) is 8.73. The van der Waals surface area contributed by atoms with Gasteiger partial charge in [-0.3, -0.25) is 14.5 Å². The molecular formula is C20H23N3O2S. The van der Waals surface area contributed by atoms with Crippen molar-refractivity contribution in [1.29, 1.82) is 0 Å². The molecule has 136 valence electrons. The third-order valence-corrected chi connectivity index (χ3v) is 5.53. The fourth-order valence-corrected chi connectivity index (χ4v) is 3.68. The Balaban J connectivity index is 1.72. The molecule has 1 heterocycles. The Morgan fingerprint density at radius 1 is 1.27 bits per heavy atom. The summed E-state index contributed by atoms with van der Waals surface area (Å²) in [5, 5.41) is 2.44. The molecule has 1 aromatic carbocycles. The molecule has 1 aliphatic rings. The summed E-state index contributed by atoms with van der Waals surface area (Å²) in [6, 6.07) is 9.68. The predicted molar refractivity (Wildman–Crippen MR) is 105 cm³/mol. The van der Waals surface area contributed by atoms with Gasteiger partial charge in [0, 0.05) is 31.5 Å². The van der Waals surface area contributed by atoms with E-state index in [0.29, 0.717) is 16.7 Å². The highest BCUT2D eigenvalue weighted by Gasteiger charge is 2.31. The second kappa shape index (κ2) is 7.83. The Labute approximate surface area is 158 Å². The molecule has 6 heteroatoms. The number of hydrogen-bond acceptors (Lipinski definition) is 4. The zero-order chi connectivity index (χ0) is 18.7. The molecule has 1 aromatic heterocycles. The number of rotatable bonds is 6. The summed E-state index contributed by atoms with van der Waals surface area (Å²) in [5.74, 6) is 0.513. The van der Waals surface area contributed by atoms with Crippen LogP contribution in [0, 0.1) is 5.92 Å². The molecular weight excluding hydrogens is 346 g/mol. The lowest BCUT2D eigenvalue weighted by atomic mass is 10.2. The van der Waals surface area contributed by atoms with E-state index in [1.165, 1.54) is 31.1 Å². The number of anilines is 2. The van der Waals surface area contributed by atoms with Gasteiger partial charge in [0.25, 0.3) is 0 Å². The van der Waals surface area contributed by atoms with Crippen LogP contribution in [-0.4, -0.2) is 34.8 Å². The average Bonchev–Trinajstić information content (AvgIpc) is 3.39. The summed E-state index contributed by atoms with van der Waals surface area (Å²) >= 11 is 1.38. The Morgan fingerprint density at radius 3 is 2.58 bits per heavy atom. The van der Waals surface area contributed by atoms with E-state index in [0.717, 1.165) is 5.69 Å². The molecule has 0 saturated heterocycles. The van der Waals surface area contributed by atoms with Gasteiger partial charge in [-0.15, -0.1) is 11.3 Å². The van der Waals surface area contributed by atoms with Crippen molar-refractivity contribution in [2.75, 3.05) is 11.9 Å². The van der Waals surface area contributed by atoms with Gasteiger partial charge in [-0.2, -0.15) is 0 Å². The van der Waals surface area contributed by atoms with E-state index in [-0.39, 0.29) is 17.9 Å². The third-order valence-electron chi connectivity index (χ3n) is 4.69. The minimum absolute atomic E-state index is 0.0227. The highest BCUT2D eigenvalue weighted by atomic mass is 32.1. The smallest absolute Gasteiger partial charge is 0.246 e. The van der Waals surface area contributed by atoms with Crippen LogP contribution in [0.2, 0.25) is 0 Å². The molecule has 1 saturated carbocycles. The number of thiazole rings is 1. The van der Waals surface area contributed by atoms with Crippen molar-refractivity contribution in [3.05, 3.63) is 47.5 Å². The molecule has 0 radical (unpaired) electrons. The van der Waals surface area contributed by atoms with Gasteiger partial charge in [0.2, 0.25) is 11.8 Å². The summed E-state index contributed by atoms with van der Waals surface area (Å²) in [5.41, 5.74) is 1.45. The molecule has 1 unspecified atom stereocenters. The van der Waals surface area contributed by atoms with Crippen molar-refractivity contribution in [1.82, 2.24) is 9.88 Å². The van der Waals surface area contributed by atoms with Crippen LogP contribution in [0.15, 0.2) is 41.8 Å². The molecule has 2 aromatic rings. The van der Waals surface area contributed by atoms with Crippen molar-refractivity contribution in [2.24, 2.45) is 5.92 Å². The second-order valence-corrected chi connectivity index (χ2v) is 7.44. The molecule has 1 fully saturated rings. The van der Waals surface area contributed by atoms with Gasteiger partial charge in [-0.25, -0.2) is 4.98 Å². The number of hydrogen-bond donors (Lipinski definition) is 0. The Kier molecular flexibility index (Phi) is 5.52. The number of likely N-dealkylation sites (N-methyl/N-ethyl adjacent to an activating group) is 1. The molecule has 0 bridgehead atoms. The lowest BCUT2D eigenvalue weighted by molar-refractivity contribution is -0.126. The maximum Gasteiger partial charge on any atom is 0.246 e. The third kappa shape index (κ3) is 4.19. The summed E-state index contributed by atoms with van der Waals surface area (Å²) in [7, 11) is 1.84. The number of amides is 2. The lowest BCUT2D eigenvalue weighted by Crippen LogP contribution is -2.35. The number of aromatic nitrogens is 1. The first kappa shape index (κ1) is 18.3. The summed E-state index contributed by atoms with van der Waals surface area (Å²) < 4.78 is 0. The number of carbonyl (C=O) groups is 2. The number of nitrogens with zero attached hydrogens (tertiary/aromatic N) is 3. The molecule has 26 heavy (non-hydrogen) atoms. The molecule has 0 spiro atoms. The minimum atomic E-state index is -0.102. The van der Waals surface area contributed by atoms with Crippen LogP contribution in [-0.2, 0) is 9.59 Å². The van der Waals surface area contributed by atoms with E-state index >= 15 is 0 Å². The normalized spacial score (nSPS) is 15.0. The van der Waals surface area contributed by atoms with Gasteiger partial charge in [0.1, 0.15) is 0 Å². The maximum atomic E-state index is 12.3. The van der Waals surface area contributed by atoms with Gasteiger partial charge < -0.3 is 4.90 Å². The van der Waals surface area contributed by atoms with Crippen LogP contribution in [0.1, 0.15) is 32.4 Å². The first-order valence-corrected chi connectivity index (χ1v) is 9.61. The standard InChI is InChI=1S/C20H23N3O2S/c1-14(16-9-10-16)22(3)19(25)12-11-17-13-26-20(21-17)23(15(2)24)18-7-5-4-6-8-18/h4-8,11-14,16H,9-10H2,1-3H3/b12-11+. The largest absolute Gasteiger partial charge is 0.339 e. The minimum Gasteiger partial charge on any atom is -0.339 e. The average molecular weight is 369 g/mol. The Hall–Kier alpha value is -2.47. The highest BCUT2D eigenvalue weighted by molar-refractivity contribution is 7.14. The second-order valence-electron chi connectivity index (χ2n) is 6.61. The van der Waals surface area contributed by atoms with Crippen molar-refractivity contribution >= 4 is 40.0 Å². The molecule has 5 nitrogen and oxygen atoms in total. The topological polar surface area (TPSA) is 53.5 Å². The van der Waals surface area contributed by atoms with Gasteiger partial charge in [0.15, 0.2) is 5.13 Å². The molecule has 1 aliphatic carbocycles.